The van der Waals surface area contributed by atoms with Gasteiger partial charge in [-0.2, -0.15) is 5.26 Å². The normalized spacial score (nSPS) is 7.60. The Morgan fingerprint density at radius 1 is 1.40 bits per heavy atom. The summed E-state index contributed by atoms with van der Waals surface area (Å²) in [7, 11) is 0. The molecule has 1 aromatic carbocycles. The minimum atomic E-state index is 0. The molecule has 1 heteroatoms. The van der Waals surface area contributed by atoms with E-state index in [1.54, 1.807) is 6.07 Å². The predicted molar refractivity (Wildman–Crippen MR) is 42.6 cm³/mol. The second-order valence-electron chi connectivity index (χ2n) is 1.98. The second kappa shape index (κ2) is 3.68. The Kier molecular flexibility index (Phi) is 3.21. The second-order valence-corrected chi connectivity index (χ2v) is 1.98. The van der Waals surface area contributed by atoms with Crippen molar-refractivity contribution in [2.75, 3.05) is 0 Å². The van der Waals surface area contributed by atoms with Crippen molar-refractivity contribution in [3.8, 4) is 6.07 Å². The molecule has 0 heterocycles. The summed E-state index contributed by atoms with van der Waals surface area (Å²) < 4.78 is 0. The summed E-state index contributed by atoms with van der Waals surface area (Å²) in [5, 5.41) is 8.41. The quantitative estimate of drug-likeness (QED) is 0.533. The van der Waals surface area contributed by atoms with Gasteiger partial charge in [0.1, 0.15) is 0 Å². The average Bonchev–Trinajstić information content (AvgIpc) is 1.88. The molecule has 1 aromatic rings. The lowest BCUT2D eigenvalue weighted by atomic mass is 10.2. The van der Waals surface area contributed by atoms with Gasteiger partial charge in [0.15, 0.2) is 0 Å². The lowest BCUT2D eigenvalue weighted by molar-refractivity contribution is 1.42. The molecule has 0 aliphatic rings. The summed E-state index contributed by atoms with van der Waals surface area (Å²) in [6, 6.07) is 9.58. The van der Waals surface area contributed by atoms with Gasteiger partial charge in [0, 0.05) is 0 Å². The van der Waals surface area contributed by atoms with Crippen molar-refractivity contribution in [3.05, 3.63) is 35.4 Å². The van der Waals surface area contributed by atoms with Gasteiger partial charge in [-0.25, -0.2) is 0 Å². The van der Waals surface area contributed by atoms with Crippen LogP contribution in [-0.2, 0) is 0 Å². The van der Waals surface area contributed by atoms with E-state index in [0.29, 0.717) is 0 Å². The average molecular weight is 133 g/mol. The van der Waals surface area contributed by atoms with Crippen molar-refractivity contribution >= 4 is 0 Å². The van der Waals surface area contributed by atoms with Gasteiger partial charge in [0.05, 0.1) is 11.6 Å². The lowest BCUT2D eigenvalue weighted by Gasteiger charge is -1.88. The highest BCUT2D eigenvalue weighted by Gasteiger charge is 1.86. The Hall–Kier alpha value is -1.29. The van der Waals surface area contributed by atoms with Crippen molar-refractivity contribution in [1.29, 1.82) is 5.26 Å². The summed E-state index contributed by atoms with van der Waals surface area (Å²) in [5.41, 5.74) is 1.86. The number of aryl methyl sites for hydroxylation is 1. The molecule has 0 bridgehead atoms. The molecule has 1 nitrogen and oxygen atoms in total. The van der Waals surface area contributed by atoms with Crippen molar-refractivity contribution in [3.63, 3.8) is 0 Å². The van der Waals surface area contributed by atoms with Gasteiger partial charge in [-0.05, 0) is 24.6 Å². The first-order valence-corrected chi connectivity index (χ1v) is 2.79. The first-order chi connectivity index (χ1) is 4.33. The fourth-order valence-corrected chi connectivity index (χ4v) is 0.715. The molecule has 0 unspecified atom stereocenters. The van der Waals surface area contributed by atoms with Gasteiger partial charge >= 0.3 is 0 Å². The smallest absolute Gasteiger partial charge is 0.0991 e. The van der Waals surface area contributed by atoms with Crippen molar-refractivity contribution < 1.29 is 0 Å². The maximum absolute atomic E-state index is 8.41. The molecule has 0 aliphatic heterocycles. The summed E-state index contributed by atoms with van der Waals surface area (Å²) in [4.78, 5) is 0. The van der Waals surface area contributed by atoms with E-state index in [9.17, 15) is 0 Å². The van der Waals surface area contributed by atoms with Gasteiger partial charge in [-0.3, -0.25) is 0 Å². The summed E-state index contributed by atoms with van der Waals surface area (Å²) >= 11 is 0. The standard InChI is InChI=1S/C8H7N.CH4/c1-7-3-2-4-8(5-7)6-9;/h2-5H,1H3;1H4. The Labute approximate surface area is 61.9 Å². The molecule has 0 aromatic heterocycles. The molecule has 0 saturated heterocycles. The number of hydrogen-bond acceptors (Lipinski definition) is 1. The summed E-state index contributed by atoms with van der Waals surface area (Å²) in [5.74, 6) is 0. The van der Waals surface area contributed by atoms with Crippen LogP contribution in [-0.4, -0.2) is 0 Å². The van der Waals surface area contributed by atoms with Crippen LogP contribution in [0.15, 0.2) is 24.3 Å². The number of hydrogen-bond donors (Lipinski definition) is 0. The maximum atomic E-state index is 8.41. The van der Waals surface area contributed by atoms with Crippen molar-refractivity contribution in [2.24, 2.45) is 0 Å². The highest BCUT2D eigenvalue weighted by atomic mass is 14.2. The Balaban J connectivity index is 0.000000810. The van der Waals surface area contributed by atoms with Crippen LogP contribution in [0.2, 0.25) is 0 Å². The zero-order valence-electron chi connectivity index (χ0n) is 5.26. The Morgan fingerprint density at radius 2 is 2.10 bits per heavy atom. The lowest BCUT2D eigenvalue weighted by Crippen LogP contribution is -1.73. The van der Waals surface area contributed by atoms with E-state index in [-0.39, 0.29) is 7.43 Å². The SMILES string of the molecule is C.Cc1cccc(C#N)c1. The molecule has 0 atom stereocenters. The van der Waals surface area contributed by atoms with Crippen LogP contribution in [0.25, 0.3) is 0 Å². The molecule has 10 heavy (non-hydrogen) atoms. The molecule has 0 saturated carbocycles. The van der Waals surface area contributed by atoms with E-state index >= 15 is 0 Å². The van der Waals surface area contributed by atoms with E-state index in [1.165, 1.54) is 0 Å². The van der Waals surface area contributed by atoms with Gasteiger partial charge in [0.25, 0.3) is 0 Å². The fourth-order valence-electron chi connectivity index (χ4n) is 0.715. The van der Waals surface area contributed by atoms with Crippen LogP contribution in [0.3, 0.4) is 0 Å². The van der Waals surface area contributed by atoms with E-state index < -0.39 is 0 Å². The maximum Gasteiger partial charge on any atom is 0.0991 e. The Bertz CT molecular complexity index is 245. The molecule has 0 fully saturated rings. The van der Waals surface area contributed by atoms with Crippen molar-refractivity contribution in [2.45, 2.75) is 14.4 Å². The minimum Gasteiger partial charge on any atom is -0.192 e. The van der Waals surface area contributed by atoms with Gasteiger partial charge in [0.2, 0.25) is 0 Å². The molecular formula is C9H11N. The number of rotatable bonds is 0. The van der Waals surface area contributed by atoms with E-state index in [2.05, 4.69) is 6.07 Å². The van der Waals surface area contributed by atoms with Gasteiger partial charge in [-0.1, -0.05) is 19.6 Å². The van der Waals surface area contributed by atoms with Crippen molar-refractivity contribution in [1.82, 2.24) is 0 Å². The van der Waals surface area contributed by atoms with Crippen LogP contribution in [0, 0.1) is 18.3 Å². The third-order valence-corrected chi connectivity index (χ3v) is 1.15. The van der Waals surface area contributed by atoms with Crippen LogP contribution in [0.5, 0.6) is 0 Å². The highest BCUT2D eigenvalue weighted by Crippen LogP contribution is 2.00. The number of benzene rings is 1. The molecular weight excluding hydrogens is 122 g/mol. The van der Waals surface area contributed by atoms with Crippen LogP contribution < -0.4 is 0 Å². The largest absolute Gasteiger partial charge is 0.192 e. The van der Waals surface area contributed by atoms with E-state index in [4.69, 9.17) is 5.26 Å². The monoisotopic (exact) mass is 133 g/mol. The summed E-state index contributed by atoms with van der Waals surface area (Å²) in [6.07, 6.45) is 0. The topological polar surface area (TPSA) is 23.8 Å². The molecule has 0 aliphatic carbocycles. The highest BCUT2D eigenvalue weighted by molar-refractivity contribution is 5.31. The van der Waals surface area contributed by atoms with Gasteiger partial charge in [-0.15, -0.1) is 0 Å². The molecule has 52 valence electrons. The molecule has 0 N–H and O–H groups in total. The zero-order chi connectivity index (χ0) is 6.69. The molecule has 1 rings (SSSR count). The minimum absolute atomic E-state index is 0. The van der Waals surface area contributed by atoms with Crippen LogP contribution in [0.1, 0.15) is 18.6 Å². The third kappa shape index (κ3) is 1.91. The van der Waals surface area contributed by atoms with E-state index in [1.807, 2.05) is 25.1 Å². The zero-order valence-corrected chi connectivity index (χ0v) is 5.26. The molecule has 0 spiro atoms. The first kappa shape index (κ1) is 8.71. The first-order valence-electron chi connectivity index (χ1n) is 2.79. The number of nitriles is 1. The van der Waals surface area contributed by atoms with Crippen LogP contribution in [0.4, 0.5) is 0 Å². The predicted octanol–water partition coefficient (Wildman–Crippen LogP) is 2.50. The fraction of sp³-hybridized carbons (Fsp3) is 0.222. The number of nitrogens with zero attached hydrogens (tertiary/aromatic N) is 1. The Morgan fingerprint density at radius 3 is 2.50 bits per heavy atom. The van der Waals surface area contributed by atoms with E-state index in [0.717, 1.165) is 11.1 Å². The molecule has 0 amide bonds. The van der Waals surface area contributed by atoms with Gasteiger partial charge < -0.3 is 0 Å². The summed E-state index contributed by atoms with van der Waals surface area (Å²) in [6.45, 7) is 1.97. The molecule has 0 radical (unpaired) electrons. The third-order valence-electron chi connectivity index (χ3n) is 1.15. The van der Waals surface area contributed by atoms with Crippen LogP contribution >= 0.6 is 0 Å².